The Hall–Kier alpha value is -2.59. The van der Waals surface area contributed by atoms with E-state index >= 15 is 0 Å². The van der Waals surface area contributed by atoms with Gasteiger partial charge in [0.15, 0.2) is 11.5 Å². The second-order valence-electron chi connectivity index (χ2n) is 5.37. The average Bonchev–Trinajstić information content (AvgIpc) is 2.85. The van der Waals surface area contributed by atoms with Gasteiger partial charge in [0.25, 0.3) is 5.16 Å². The van der Waals surface area contributed by atoms with Crippen LogP contribution in [-0.4, -0.2) is 33.3 Å². The third-order valence-corrected chi connectivity index (χ3v) is 3.58. The SMILES string of the molecule is CCC.Cc1cc(Cn2c(=O)[nH]c3c(N)nc(S(=O)O)nc32)ccn1. The van der Waals surface area contributed by atoms with Gasteiger partial charge in [-0.2, -0.15) is 9.97 Å². The second kappa shape index (κ2) is 7.99. The topological polar surface area (TPSA) is 140 Å². The summed E-state index contributed by atoms with van der Waals surface area (Å²) in [4.78, 5) is 26.4. The van der Waals surface area contributed by atoms with Gasteiger partial charge in [0.05, 0.1) is 6.54 Å². The summed E-state index contributed by atoms with van der Waals surface area (Å²) in [6.07, 6.45) is 2.89. The number of H-pyrrole nitrogens is 1. The van der Waals surface area contributed by atoms with Crippen molar-refractivity contribution in [2.24, 2.45) is 0 Å². The number of aromatic nitrogens is 5. The molecule has 1 atom stereocenters. The summed E-state index contributed by atoms with van der Waals surface area (Å²) in [5.41, 5.74) is 7.37. The molecule has 0 aliphatic rings. The van der Waals surface area contributed by atoms with Crippen LogP contribution in [0.5, 0.6) is 0 Å². The normalized spacial score (nSPS) is 11.8. The van der Waals surface area contributed by atoms with Gasteiger partial charge in [-0.15, -0.1) is 0 Å². The van der Waals surface area contributed by atoms with Crippen LogP contribution in [-0.2, 0) is 17.6 Å². The molecule has 0 amide bonds. The number of nitrogens with zero attached hydrogens (tertiary/aromatic N) is 4. The van der Waals surface area contributed by atoms with E-state index in [1.165, 1.54) is 11.0 Å². The smallest absolute Gasteiger partial charge is 0.328 e. The minimum atomic E-state index is -2.39. The molecule has 3 aromatic heterocycles. The zero-order valence-electron chi connectivity index (χ0n) is 14.2. The highest BCUT2D eigenvalue weighted by Crippen LogP contribution is 2.16. The third kappa shape index (κ3) is 4.28. The van der Waals surface area contributed by atoms with E-state index in [0.29, 0.717) is 0 Å². The molecule has 9 nitrogen and oxygen atoms in total. The predicted molar refractivity (Wildman–Crippen MR) is 95.6 cm³/mol. The van der Waals surface area contributed by atoms with E-state index in [2.05, 4.69) is 33.8 Å². The quantitative estimate of drug-likeness (QED) is 0.472. The molecule has 0 aromatic carbocycles. The standard InChI is InChI=1S/C12H12N6O3S.C3H8/c1-6-4-7(2-3-14-6)5-18-10-8(15-12(18)19)9(13)16-11(17-10)22(20)21;1-3-2/h2-4H,5H2,1H3,(H,15,19)(H,20,21)(H2,13,16,17);3H2,1-2H3. The number of imidazole rings is 1. The number of nitrogens with two attached hydrogens (primary N) is 1. The Kier molecular flexibility index (Phi) is 5.99. The van der Waals surface area contributed by atoms with Crippen molar-refractivity contribution in [2.45, 2.75) is 38.9 Å². The van der Waals surface area contributed by atoms with E-state index < -0.39 is 16.8 Å². The molecule has 0 bridgehead atoms. The molecular formula is C15H20N6O3S. The number of hydrogen-bond acceptors (Lipinski definition) is 6. The monoisotopic (exact) mass is 364 g/mol. The molecule has 10 heteroatoms. The Morgan fingerprint density at radius 1 is 1.36 bits per heavy atom. The van der Waals surface area contributed by atoms with Crippen molar-refractivity contribution in [3.63, 3.8) is 0 Å². The van der Waals surface area contributed by atoms with Crippen LogP contribution < -0.4 is 11.4 Å². The number of pyridine rings is 1. The highest BCUT2D eigenvalue weighted by Gasteiger charge is 2.16. The lowest BCUT2D eigenvalue weighted by molar-refractivity contribution is 0.555. The van der Waals surface area contributed by atoms with Crippen molar-refractivity contribution in [1.82, 2.24) is 24.5 Å². The minimum absolute atomic E-state index is 0.0517. The maximum atomic E-state index is 12.1. The van der Waals surface area contributed by atoms with Crippen LogP contribution in [0.15, 0.2) is 28.3 Å². The number of anilines is 1. The molecular weight excluding hydrogens is 344 g/mol. The van der Waals surface area contributed by atoms with Crippen molar-refractivity contribution in [1.29, 1.82) is 0 Å². The summed E-state index contributed by atoms with van der Waals surface area (Å²) >= 11 is -2.39. The van der Waals surface area contributed by atoms with Crippen LogP contribution in [0.2, 0.25) is 0 Å². The summed E-state index contributed by atoms with van der Waals surface area (Å²) < 4.78 is 21.6. The Labute approximate surface area is 146 Å². The summed E-state index contributed by atoms with van der Waals surface area (Å²) in [5.74, 6) is -0.0517. The van der Waals surface area contributed by atoms with Gasteiger partial charge in [-0.25, -0.2) is 9.00 Å². The molecule has 1 unspecified atom stereocenters. The van der Waals surface area contributed by atoms with Crippen molar-refractivity contribution in [2.75, 3.05) is 5.73 Å². The summed E-state index contributed by atoms with van der Waals surface area (Å²) in [7, 11) is 0. The highest BCUT2D eigenvalue weighted by atomic mass is 32.2. The fraction of sp³-hybridized carbons (Fsp3) is 0.333. The number of aromatic amines is 1. The predicted octanol–water partition coefficient (Wildman–Crippen LogP) is 1.45. The van der Waals surface area contributed by atoms with Gasteiger partial charge >= 0.3 is 5.69 Å². The first-order valence-electron chi connectivity index (χ1n) is 7.65. The fourth-order valence-corrected chi connectivity index (χ4v) is 2.48. The lowest BCUT2D eigenvalue weighted by atomic mass is 10.2. The molecule has 0 spiro atoms. The van der Waals surface area contributed by atoms with Gasteiger partial charge in [0.1, 0.15) is 5.52 Å². The first-order valence-corrected chi connectivity index (χ1v) is 8.76. The fourth-order valence-electron chi connectivity index (χ4n) is 2.14. The van der Waals surface area contributed by atoms with Gasteiger partial charge in [-0.1, -0.05) is 20.3 Å². The molecule has 3 rings (SSSR count). The van der Waals surface area contributed by atoms with Gasteiger partial charge in [0.2, 0.25) is 11.1 Å². The molecule has 0 saturated carbocycles. The van der Waals surface area contributed by atoms with Crippen molar-refractivity contribution in [3.8, 4) is 0 Å². The van der Waals surface area contributed by atoms with Crippen molar-refractivity contribution in [3.05, 3.63) is 40.1 Å². The Bertz CT molecular complexity index is 966. The van der Waals surface area contributed by atoms with Crippen LogP contribution in [0.4, 0.5) is 5.82 Å². The number of nitrogens with one attached hydrogen (secondary N) is 1. The minimum Gasteiger partial charge on any atom is -0.382 e. The number of rotatable bonds is 3. The first-order chi connectivity index (χ1) is 11.9. The van der Waals surface area contributed by atoms with E-state index in [1.807, 2.05) is 13.0 Å². The van der Waals surface area contributed by atoms with E-state index in [-0.39, 0.29) is 28.7 Å². The average molecular weight is 364 g/mol. The number of aryl methyl sites for hydroxylation is 1. The summed E-state index contributed by atoms with van der Waals surface area (Å²) in [6.45, 7) is 6.32. The van der Waals surface area contributed by atoms with Crippen molar-refractivity contribution >= 4 is 28.1 Å². The molecule has 0 radical (unpaired) electrons. The van der Waals surface area contributed by atoms with Crippen molar-refractivity contribution < 1.29 is 8.76 Å². The summed E-state index contributed by atoms with van der Waals surface area (Å²) in [5, 5.41) is -0.344. The van der Waals surface area contributed by atoms with Gasteiger partial charge in [0, 0.05) is 11.9 Å². The van der Waals surface area contributed by atoms with Crippen LogP contribution in [0.25, 0.3) is 11.2 Å². The van der Waals surface area contributed by atoms with E-state index in [0.717, 1.165) is 11.3 Å². The van der Waals surface area contributed by atoms with Gasteiger partial charge in [-0.3, -0.25) is 14.1 Å². The molecule has 0 saturated heterocycles. The molecule has 0 aliphatic carbocycles. The first kappa shape index (κ1) is 18.7. The van der Waals surface area contributed by atoms with Crippen LogP contribution in [0.3, 0.4) is 0 Å². The van der Waals surface area contributed by atoms with Crippen LogP contribution in [0.1, 0.15) is 31.5 Å². The molecule has 134 valence electrons. The molecule has 3 heterocycles. The Morgan fingerprint density at radius 2 is 2.04 bits per heavy atom. The highest BCUT2D eigenvalue weighted by molar-refractivity contribution is 7.79. The van der Waals surface area contributed by atoms with Crippen LogP contribution in [0, 0.1) is 6.92 Å². The molecule has 0 aliphatic heterocycles. The van der Waals surface area contributed by atoms with Gasteiger partial charge < -0.3 is 10.7 Å². The van der Waals surface area contributed by atoms with Gasteiger partial charge in [-0.05, 0) is 24.6 Å². The summed E-state index contributed by atoms with van der Waals surface area (Å²) in [6, 6.07) is 3.61. The van der Waals surface area contributed by atoms with E-state index in [1.54, 1.807) is 12.3 Å². The lowest BCUT2D eigenvalue weighted by Crippen LogP contribution is -2.18. The number of nitrogen functional groups attached to an aromatic ring is 1. The maximum Gasteiger partial charge on any atom is 0.328 e. The lowest BCUT2D eigenvalue weighted by Gasteiger charge is -2.05. The Morgan fingerprint density at radius 3 is 2.64 bits per heavy atom. The molecule has 4 N–H and O–H groups in total. The van der Waals surface area contributed by atoms with E-state index in [9.17, 15) is 9.00 Å². The number of hydrogen-bond donors (Lipinski definition) is 3. The Balaban J connectivity index is 0.000000701. The zero-order valence-corrected chi connectivity index (χ0v) is 15.0. The second-order valence-corrected chi connectivity index (χ2v) is 6.23. The molecule has 0 fully saturated rings. The maximum absolute atomic E-state index is 12.1. The largest absolute Gasteiger partial charge is 0.382 e. The molecule has 3 aromatic rings. The molecule has 25 heavy (non-hydrogen) atoms. The van der Waals surface area contributed by atoms with Crippen LogP contribution >= 0.6 is 0 Å². The number of fused-ring (bicyclic) bond motifs is 1. The van der Waals surface area contributed by atoms with E-state index in [4.69, 9.17) is 10.3 Å². The zero-order chi connectivity index (χ0) is 18.6. The third-order valence-electron chi connectivity index (χ3n) is 3.09.